The van der Waals surface area contributed by atoms with Gasteiger partial charge in [-0.3, -0.25) is 9.59 Å². The first-order valence-corrected chi connectivity index (χ1v) is 10.1. The molecule has 5 nitrogen and oxygen atoms in total. The third-order valence-corrected chi connectivity index (χ3v) is 4.70. The topological polar surface area (TPSA) is 78.4 Å². The Morgan fingerprint density at radius 1 is 0.929 bits per heavy atom. The number of nitrogens with one attached hydrogen (secondary N) is 2. The zero-order chi connectivity index (χ0) is 21.7. The lowest BCUT2D eigenvalue weighted by atomic mass is 9.78. The van der Waals surface area contributed by atoms with E-state index in [1.54, 1.807) is 0 Å². The fraction of sp³-hybridized carbons (Fsp3) is 0.652. The fourth-order valence-electron chi connectivity index (χ4n) is 2.92. The van der Waals surface area contributed by atoms with Crippen molar-refractivity contribution in [2.45, 2.75) is 79.1 Å². The van der Waals surface area contributed by atoms with E-state index in [4.69, 9.17) is 0 Å². The van der Waals surface area contributed by atoms with E-state index in [1.165, 1.54) is 0 Å². The molecule has 0 radical (unpaired) electrons. The summed E-state index contributed by atoms with van der Waals surface area (Å²) in [4.78, 5) is 23.7. The van der Waals surface area contributed by atoms with Gasteiger partial charge < -0.3 is 15.7 Å². The van der Waals surface area contributed by atoms with Crippen molar-refractivity contribution in [1.82, 2.24) is 10.6 Å². The number of carbonyl (C=O) groups is 2. The number of phenolic OH excluding ortho intramolecular Hbond substituents is 1. The number of rotatable bonds is 7. The number of amides is 2. The predicted molar refractivity (Wildman–Crippen MR) is 115 cm³/mol. The van der Waals surface area contributed by atoms with Crippen molar-refractivity contribution in [3.8, 4) is 5.75 Å². The van der Waals surface area contributed by atoms with Crippen LogP contribution >= 0.6 is 0 Å². The van der Waals surface area contributed by atoms with Crippen LogP contribution in [0.15, 0.2) is 12.1 Å². The Labute approximate surface area is 170 Å². The number of carbonyl (C=O) groups excluding carboxylic acids is 2. The summed E-state index contributed by atoms with van der Waals surface area (Å²) < 4.78 is 0. The van der Waals surface area contributed by atoms with E-state index in [-0.39, 0.29) is 28.6 Å². The largest absolute Gasteiger partial charge is 0.507 e. The lowest BCUT2D eigenvalue weighted by molar-refractivity contribution is -0.124. The molecule has 0 saturated carbocycles. The SMILES string of the molecule is CC(C)C(=O)NCCNC(=O)CCc1cc(C(C)(C)C)c(O)c(C(C)(C)C)c1. The zero-order valence-electron chi connectivity index (χ0n) is 18.8. The summed E-state index contributed by atoms with van der Waals surface area (Å²) in [5, 5.41) is 16.4. The summed E-state index contributed by atoms with van der Waals surface area (Å²) in [7, 11) is 0. The van der Waals surface area contributed by atoms with Crippen LogP contribution in [0.25, 0.3) is 0 Å². The summed E-state index contributed by atoms with van der Waals surface area (Å²) in [5.74, 6) is 0.248. The van der Waals surface area contributed by atoms with Gasteiger partial charge in [0.25, 0.3) is 0 Å². The Balaban J connectivity index is 2.76. The van der Waals surface area contributed by atoms with Crippen molar-refractivity contribution in [3.05, 3.63) is 28.8 Å². The first-order chi connectivity index (χ1) is 12.7. The van der Waals surface area contributed by atoms with Gasteiger partial charge in [0.1, 0.15) is 5.75 Å². The molecule has 0 atom stereocenters. The normalized spacial score (nSPS) is 12.2. The standard InChI is InChI=1S/C23H38N2O3/c1-15(2)21(28)25-12-11-24-19(26)10-9-16-13-17(22(3,4)5)20(27)18(14-16)23(6,7)8/h13-15,27H,9-12H2,1-8H3,(H,24,26)(H,25,28). The average Bonchev–Trinajstić information content (AvgIpc) is 2.55. The van der Waals surface area contributed by atoms with Crippen molar-refractivity contribution in [2.75, 3.05) is 13.1 Å². The molecular weight excluding hydrogens is 352 g/mol. The molecule has 0 saturated heterocycles. The Bertz CT molecular complexity index is 660. The predicted octanol–water partition coefficient (Wildman–Crippen LogP) is 3.81. The van der Waals surface area contributed by atoms with Gasteiger partial charge in [0.05, 0.1) is 0 Å². The summed E-state index contributed by atoms with van der Waals surface area (Å²) in [6, 6.07) is 4.03. The first kappa shape index (κ1) is 24.0. The highest BCUT2D eigenvalue weighted by molar-refractivity contribution is 5.78. The highest BCUT2D eigenvalue weighted by Crippen LogP contribution is 2.39. The molecule has 0 unspecified atom stereocenters. The molecule has 1 aromatic rings. The molecule has 3 N–H and O–H groups in total. The Morgan fingerprint density at radius 2 is 1.39 bits per heavy atom. The number of benzene rings is 1. The molecule has 0 bridgehead atoms. The maximum Gasteiger partial charge on any atom is 0.222 e. The number of hydrogen-bond donors (Lipinski definition) is 3. The second-order valence-corrected chi connectivity index (χ2v) is 9.84. The highest BCUT2D eigenvalue weighted by atomic mass is 16.3. The third-order valence-electron chi connectivity index (χ3n) is 4.70. The van der Waals surface area contributed by atoms with Crippen LogP contribution in [0.5, 0.6) is 5.75 Å². The molecule has 1 aromatic carbocycles. The van der Waals surface area contributed by atoms with Gasteiger partial charge in [0.2, 0.25) is 11.8 Å². The molecule has 2 amide bonds. The van der Waals surface area contributed by atoms with Crippen LogP contribution in [-0.2, 0) is 26.8 Å². The molecule has 0 aliphatic rings. The molecule has 5 heteroatoms. The van der Waals surface area contributed by atoms with Crippen molar-refractivity contribution >= 4 is 11.8 Å². The van der Waals surface area contributed by atoms with E-state index < -0.39 is 0 Å². The van der Waals surface area contributed by atoms with E-state index in [9.17, 15) is 14.7 Å². The van der Waals surface area contributed by atoms with E-state index in [1.807, 2.05) is 26.0 Å². The summed E-state index contributed by atoms with van der Waals surface area (Å²) in [5.41, 5.74) is 2.50. The van der Waals surface area contributed by atoms with Crippen LogP contribution in [0.1, 0.15) is 78.5 Å². The highest BCUT2D eigenvalue weighted by Gasteiger charge is 2.26. The van der Waals surface area contributed by atoms with Crippen molar-refractivity contribution in [3.63, 3.8) is 0 Å². The molecular formula is C23H38N2O3. The average molecular weight is 391 g/mol. The smallest absolute Gasteiger partial charge is 0.222 e. The monoisotopic (exact) mass is 390 g/mol. The fourth-order valence-corrected chi connectivity index (χ4v) is 2.92. The van der Waals surface area contributed by atoms with Crippen molar-refractivity contribution < 1.29 is 14.7 Å². The summed E-state index contributed by atoms with van der Waals surface area (Å²) in [6.45, 7) is 17.0. The van der Waals surface area contributed by atoms with Gasteiger partial charge >= 0.3 is 0 Å². The van der Waals surface area contributed by atoms with Gasteiger partial charge in [-0.1, -0.05) is 67.5 Å². The van der Waals surface area contributed by atoms with Crippen LogP contribution in [0.4, 0.5) is 0 Å². The minimum atomic E-state index is -0.184. The van der Waals surface area contributed by atoms with Gasteiger partial charge in [-0.15, -0.1) is 0 Å². The van der Waals surface area contributed by atoms with Crippen LogP contribution in [-0.4, -0.2) is 30.0 Å². The number of phenols is 1. The summed E-state index contributed by atoms with van der Waals surface area (Å²) in [6.07, 6.45) is 0.979. The van der Waals surface area contributed by atoms with Crippen LogP contribution in [0.3, 0.4) is 0 Å². The maximum absolute atomic E-state index is 12.2. The molecule has 0 aliphatic carbocycles. The van der Waals surface area contributed by atoms with Crippen molar-refractivity contribution in [1.29, 1.82) is 0 Å². The Hall–Kier alpha value is -2.04. The minimum Gasteiger partial charge on any atom is -0.507 e. The first-order valence-electron chi connectivity index (χ1n) is 10.1. The molecule has 0 heterocycles. The maximum atomic E-state index is 12.2. The molecule has 28 heavy (non-hydrogen) atoms. The second-order valence-electron chi connectivity index (χ2n) is 9.84. The van der Waals surface area contributed by atoms with E-state index in [0.717, 1.165) is 16.7 Å². The van der Waals surface area contributed by atoms with E-state index in [0.29, 0.717) is 31.7 Å². The number of hydrogen-bond acceptors (Lipinski definition) is 3. The van der Waals surface area contributed by atoms with Crippen LogP contribution < -0.4 is 10.6 Å². The van der Waals surface area contributed by atoms with Gasteiger partial charge in [-0.2, -0.15) is 0 Å². The van der Waals surface area contributed by atoms with Gasteiger partial charge in [0, 0.05) is 25.4 Å². The molecule has 1 rings (SSSR count). The molecule has 158 valence electrons. The molecule has 0 fully saturated rings. The van der Waals surface area contributed by atoms with Gasteiger partial charge in [-0.05, 0) is 33.9 Å². The van der Waals surface area contributed by atoms with Crippen LogP contribution in [0.2, 0.25) is 0 Å². The third kappa shape index (κ3) is 7.17. The minimum absolute atomic E-state index is 0.0113. The molecule has 0 spiro atoms. The lowest BCUT2D eigenvalue weighted by Crippen LogP contribution is -2.36. The second kappa shape index (κ2) is 9.44. The quantitative estimate of drug-likeness (QED) is 0.620. The number of aryl methyl sites for hydroxylation is 1. The van der Waals surface area contributed by atoms with E-state index in [2.05, 4.69) is 52.2 Å². The lowest BCUT2D eigenvalue weighted by Gasteiger charge is -2.28. The van der Waals surface area contributed by atoms with Gasteiger partial charge in [0.15, 0.2) is 0 Å². The molecule has 0 aromatic heterocycles. The number of aromatic hydroxyl groups is 1. The van der Waals surface area contributed by atoms with Crippen LogP contribution in [0, 0.1) is 5.92 Å². The summed E-state index contributed by atoms with van der Waals surface area (Å²) >= 11 is 0. The Kier molecular flexibility index (Phi) is 8.09. The van der Waals surface area contributed by atoms with Gasteiger partial charge in [-0.25, -0.2) is 0 Å². The zero-order valence-corrected chi connectivity index (χ0v) is 18.8. The van der Waals surface area contributed by atoms with Crippen molar-refractivity contribution in [2.24, 2.45) is 5.92 Å². The van der Waals surface area contributed by atoms with E-state index >= 15 is 0 Å². The molecule has 0 aliphatic heterocycles. The Morgan fingerprint density at radius 3 is 1.82 bits per heavy atom.